The molecule has 0 fully saturated rings. The van der Waals surface area contributed by atoms with Crippen LogP contribution >= 0.6 is 0 Å². The molecule has 8 nitrogen and oxygen atoms in total. The lowest BCUT2D eigenvalue weighted by molar-refractivity contribution is -0.117. The van der Waals surface area contributed by atoms with Crippen molar-refractivity contribution in [2.24, 2.45) is 4.99 Å². The maximum Gasteiger partial charge on any atom is 0.263 e. The van der Waals surface area contributed by atoms with Crippen LogP contribution in [0.1, 0.15) is 36.7 Å². The summed E-state index contributed by atoms with van der Waals surface area (Å²) in [5.41, 5.74) is 1.51. The maximum absolute atomic E-state index is 12.5. The molecule has 0 aliphatic carbocycles. The van der Waals surface area contributed by atoms with Gasteiger partial charge in [-0.2, -0.15) is 0 Å². The molecule has 0 radical (unpaired) electrons. The van der Waals surface area contributed by atoms with Gasteiger partial charge < -0.3 is 10.2 Å². The van der Waals surface area contributed by atoms with Crippen molar-refractivity contribution < 1.29 is 18.0 Å². The molecule has 1 aliphatic rings. The highest BCUT2D eigenvalue weighted by atomic mass is 32.2. The molecule has 3 rings (SSSR count). The molecule has 1 heterocycles. The zero-order valence-electron chi connectivity index (χ0n) is 17.0. The van der Waals surface area contributed by atoms with E-state index in [9.17, 15) is 18.0 Å². The Hall–Kier alpha value is -3.20. The van der Waals surface area contributed by atoms with Crippen molar-refractivity contribution in [2.45, 2.75) is 31.7 Å². The third-order valence-electron chi connectivity index (χ3n) is 4.81. The molecule has 2 amide bonds. The van der Waals surface area contributed by atoms with Crippen molar-refractivity contribution in [3.05, 3.63) is 59.7 Å². The number of carbonyl (C=O) groups is 2. The number of rotatable bonds is 6. The van der Waals surface area contributed by atoms with Crippen LogP contribution in [0.3, 0.4) is 0 Å². The van der Waals surface area contributed by atoms with Gasteiger partial charge in [0.15, 0.2) is 0 Å². The fourth-order valence-corrected chi connectivity index (χ4v) is 4.36. The average molecular weight is 429 g/mol. The fourth-order valence-electron chi connectivity index (χ4n) is 3.12. The highest BCUT2D eigenvalue weighted by Gasteiger charge is 2.31. The van der Waals surface area contributed by atoms with E-state index >= 15 is 0 Å². The molecular formula is C21H24N4O4S. The number of nitrogens with one attached hydrogen (secondary N) is 2. The Balaban J connectivity index is 1.71. The second-order valence-corrected chi connectivity index (χ2v) is 8.45. The molecule has 2 aromatic rings. The van der Waals surface area contributed by atoms with E-state index < -0.39 is 22.0 Å². The standard InChI is InChI=1S/C21H24N4O4S/c1-4-25(5-2)21(27)15-10-12-16(13-11-15)23-20(26)14(3)22-19-17-8-6-7-9-18(17)30(28,29)24-19/h6-14H,4-5H2,1-3H3,(H,22,24)(H,23,26)/t14-/m0/s1. The van der Waals surface area contributed by atoms with Crippen molar-refractivity contribution in [2.75, 3.05) is 18.4 Å². The molecule has 0 aromatic heterocycles. The van der Waals surface area contributed by atoms with Gasteiger partial charge in [0.25, 0.3) is 15.9 Å². The summed E-state index contributed by atoms with van der Waals surface area (Å²) in [5, 5.41) is 2.74. The van der Waals surface area contributed by atoms with Gasteiger partial charge in [-0.25, -0.2) is 8.42 Å². The molecule has 2 N–H and O–H groups in total. The molecule has 158 valence electrons. The summed E-state index contributed by atoms with van der Waals surface area (Å²) >= 11 is 0. The largest absolute Gasteiger partial charge is 0.339 e. The molecule has 30 heavy (non-hydrogen) atoms. The smallest absolute Gasteiger partial charge is 0.263 e. The minimum Gasteiger partial charge on any atom is -0.339 e. The second-order valence-electron chi connectivity index (χ2n) is 6.80. The maximum atomic E-state index is 12.5. The first-order chi connectivity index (χ1) is 14.3. The monoisotopic (exact) mass is 428 g/mol. The normalized spacial score (nSPS) is 16.4. The first-order valence-corrected chi connectivity index (χ1v) is 11.1. The molecular weight excluding hydrogens is 404 g/mol. The number of carbonyl (C=O) groups excluding carboxylic acids is 2. The summed E-state index contributed by atoms with van der Waals surface area (Å²) in [4.78, 5) is 31.0. The van der Waals surface area contributed by atoms with Crippen LogP contribution in [0.25, 0.3) is 0 Å². The van der Waals surface area contributed by atoms with Crippen LogP contribution in [0.15, 0.2) is 58.4 Å². The van der Waals surface area contributed by atoms with Gasteiger partial charge in [0.1, 0.15) is 11.9 Å². The molecule has 1 atom stereocenters. The molecule has 0 bridgehead atoms. The Morgan fingerprint density at radius 1 is 1.07 bits per heavy atom. The van der Waals surface area contributed by atoms with E-state index in [-0.39, 0.29) is 16.6 Å². The van der Waals surface area contributed by atoms with Crippen LogP contribution < -0.4 is 10.0 Å². The number of sulfonamides is 1. The van der Waals surface area contributed by atoms with Crippen LogP contribution in [0, 0.1) is 0 Å². The van der Waals surface area contributed by atoms with Crippen LogP contribution in [0.2, 0.25) is 0 Å². The molecule has 0 spiro atoms. The van der Waals surface area contributed by atoms with Crippen molar-refractivity contribution in [1.29, 1.82) is 0 Å². The number of hydrogen-bond acceptors (Lipinski definition) is 5. The number of amidine groups is 1. The van der Waals surface area contributed by atoms with E-state index in [4.69, 9.17) is 0 Å². The van der Waals surface area contributed by atoms with E-state index in [2.05, 4.69) is 15.0 Å². The minimum absolute atomic E-state index is 0.0650. The van der Waals surface area contributed by atoms with Gasteiger partial charge in [-0.05, 0) is 57.2 Å². The number of nitrogens with zero attached hydrogens (tertiary/aromatic N) is 2. The predicted octanol–water partition coefficient (Wildman–Crippen LogP) is 2.23. The Kier molecular flexibility index (Phi) is 6.21. The van der Waals surface area contributed by atoms with E-state index in [0.29, 0.717) is 29.9 Å². The highest BCUT2D eigenvalue weighted by Crippen LogP contribution is 2.22. The van der Waals surface area contributed by atoms with Crippen molar-refractivity contribution in [1.82, 2.24) is 9.62 Å². The average Bonchev–Trinajstić information content (AvgIpc) is 2.99. The van der Waals surface area contributed by atoms with Gasteiger partial charge >= 0.3 is 0 Å². The summed E-state index contributed by atoms with van der Waals surface area (Å²) in [6, 6.07) is 12.3. The number of aliphatic imine (C=N–C) groups is 1. The molecule has 1 aliphatic heterocycles. The Morgan fingerprint density at radius 3 is 2.33 bits per heavy atom. The van der Waals surface area contributed by atoms with E-state index in [1.54, 1.807) is 54.3 Å². The van der Waals surface area contributed by atoms with E-state index in [1.165, 1.54) is 6.07 Å². The summed E-state index contributed by atoms with van der Waals surface area (Å²) < 4.78 is 26.7. The van der Waals surface area contributed by atoms with Crippen molar-refractivity contribution in [3.8, 4) is 0 Å². The summed E-state index contributed by atoms with van der Waals surface area (Å²) in [6.07, 6.45) is 0. The van der Waals surface area contributed by atoms with Gasteiger partial charge in [-0.1, -0.05) is 12.1 Å². The number of benzene rings is 2. The van der Waals surface area contributed by atoms with Gasteiger partial charge in [0.05, 0.1) is 4.90 Å². The SMILES string of the molecule is CCN(CC)C(=O)c1ccc(NC(=O)[C@H](C)N=C2NS(=O)(=O)c3ccccc32)cc1. The Bertz CT molecular complexity index is 1090. The molecule has 0 unspecified atom stereocenters. The first-order valence-electron chi connectivity index (χ1n) is 9.67. The summed E-state index contributed by atoms with van der Waals surface area (Å²) in [6.45, 7) is 6.66. The van der Waals surface area contributed by atoms with Crippen LogP contribution in [-0.4, -0.2) is 50.1 Å². The molecule has 0 saturated heterocycles. The second kappa shape index (κ2) is 8.66. The van der Waals surface area contributed by atoms with Crippen LogP contribution in [0.5, 0.6) is 0 Å². The lowest BCUT2D eigenvalue weighted by Gasteiger charge is -2.18. The fraction of sp³-hybridized carbons (Fsp3) is 0.286. The molecule has 2 aromatic carbocycles. The predicted molar refractivity (Wildman–Crippen MR) is 115 cm³/mol. The van der Waals surface area contributed by atoms with Gasteiger partial charge in [0.2, 0.25) is 5.91 Å². The Morgan fingerprint density at radius 2 is 1.70 bits per heavy atom. The zero-order chi connectivity index (χ0) is 21.9. The molecule has 0 saturated carbocycles. The number of fused-ring (bicyclic) bond motifs is 1. The van der Waals surface area contributed by atoms with E-state index in [1.807, 2.05) is 13.8 Å². The third kappa shape index (κ3) is 4.35. The van der Waals surface area contributed by atoms with Crippen molar-refractivity contribution >= 4 is 33.4 Å². The number of anilines is 1. The topological polar surface area (TPSA) is 108 Å². The van der Waals surface area contributed by atoms with Crippen molar-refractivity contribution in [3.63, 3.8) is 0 Å². The number of amides is 2. The lowest BCUT2D eigenvalue weighted by atomic mass is 10.1. The quantitative estimate of drug-likeness (QED) is 0.735. The highest BCUT2D eigenvalue weighted by molar-refractivity contribution is 7.90. The summed E-state index contributed by atoms with van der Waals surface area (Å²) in [5.74, 6) is -0.313. The zero-order valence-corrected chi connectivity index (χ0v) is 17.9. The van der Waals surface area contributed by atoms with Gasteiger partial charge in [0, 0.05) is 29.9 Å². The number of hydrogen-bond donors (Lipinski definition) is 2. The summed E-state index contributed by atoms with van der Waals surface area (Å²) in [7, 11) is -3.66. The lowest BCUT2D eigenvalue weighted by Crippen LogP contribution is -2.30. The van der Waals surface area contributed by atoms with Crippen LogP contribution in [0.4, 0.5) is 5.69 Å². The molecule has 9 heteroatoms. The van der Waals surface area contributed by atoms with Gasteiger partial charge in [-0.3, -0.25) is 19.3 Å². The minimum atomic E-state index is -3.66. The van der Waals surface area contributed by atoms with Crippen LogP contribution in [-0.2, 0) is 14.8 Å². The third-order valence-corrected chi connectivity index (χ3v) is 6.21. The van der Waals surface area contributed by atoms with E-state index in [0.717, 1.165) is 0 Å². The first kappa shape index (κ1) is 21.5. The van der Waals surface area contributed by atoms with Gasteiger partial charge in [-0.15, -0.1) is 0 Å². The Labute approximate surface area is 176 Å².